The molecule has 0 aromatic carbocycles. The molecule has 1 aromatic heterocycles. The van der Waals surface area contributed by atoms with Gasteiger partial charge in [-0.25, -0.2) is 9.89 Å². The fraction of sp³-hybridized carbons (Fsp3) is 0.667. The van der Waals surface area contributed by atoms with Crippen LogP contribution in [0.4, 0.5) is 0 Å². The Morgan fingerprint density at radius 3 is 2.92 bits per heavy atom. The van der Waals surface area contributed by atoms with E-state index in [0.717, 1.165) is 6.54 Å². The van der Waals surface area contributed by atoms with E-state index < -0.39 is 5.76 Å². The molecule has 2 N–H and O–H groups in total. The van der Waals surface area contributed by atoms with Gasteiger partial charge in [-0.3, -0.25) is 0 Å². The van der Waals surface area contributed by atoms with Crippen LogP contribution >= 0.6 is 12.4 Å². The lowest BCUT2D eigenvalue weighted by Crippen LogP contribution is -2.34. The van der Waals surface area contributed by atoms with Crippen LogP contribution in [0.25, 0.3) is 0 Å². The summed E-state index contributed by atoms with van der Waals surface area (Å²) in [4.78, 5) is 10.6. The first-order valence-electron chi connectivity index (χ1n) is 3.73. The maximum Gasteiger partial charge on any atom is 0.434 e. The van der Waals surface area contributed by atoms with Gasteiger partial charge in [-0.05, 0) is 0 Å². The number of aromatic nitrogens is 2. The molecule has 0 unspecified atom stereocenters. The van der Waals surface area contributed by atoms with Crippen molar-refractivity contribution in [1.29, 1.82) is 0 Å². The molecule has 2 rings (SSSR count). The third kappa shape index (κ3) is 2.30. The summed E-state index contributed by atoms with van der Waals surface area (Å²) in [6.07, 6.45) is 0. The SMILES string of the molecule is Cl.O=c1[nH]nc([C@@H]2COCCN2)o1. The van der Waals surface area contributed by atoms with E-state index in [1.54, 1.807) is 0 Å². The highest BCUT2D eigenvalue weighted by atomic mass is 35.5. The number of halogens is 1. The van der Waals surface area contributed by atoms with E-state index in [2.05, 4.69) is 15.5 Å². The first-order chi connectivity index (χ1) is 5.86. The van der Waals surface area contributed by atoms with Crippen LogP contribution in [0.3, 0.4) is 0 Å². The zero-order chi connectivity index (χ0) is 8.39. The molecule has 1 aliphatic heterocycles. The molecule has 1 aromatic rings. The average molecular weight is 208 g/mol. The normalized spacial score (nSPS) is 22.3. The highest BCUT2D eigenvalue weighted by Crippen LogP contribution is 2.09. The lowest BCUT2D eigenvalue weighted by atomic mass is 10.3. The minimum atomic E-state index is -0.530. The van der Waals surface area contributed by atoms with Crippen molar-refractivity contribution in [1.82, 2.24) is 15.5 Å². The predicted octanol–water partition coefficient (Wildman–Crippen LogP) is -0.554. The summed E-state index contributed by atoms with van der Waals surface area (Å²) >= 11 is 0. The van der Waals surface area contributed by atoms with Crippen LogP contribution in [0.1, 0.15) is 11.9 Å². The van der Waals surface area contributed by atoms with Gasteiger partial charge >= 0.3 is 5.76 Å². The summed E-state index contributed by atoms with van der Waals surface area (Å²) in [5.41, 5.74) is 0. The number of rotatable bonds is 1. The van der Waals surface area contributed by atoms with Gasteiger partial charge in [-0.2, -0.15) is 0 Å². The van der Waals surface area contributed by atoms with E-state index in [1.807, 2.05) is 0 Å². The third-order valence-corrected chi connectivity index (χ3v) is 1.67. The molecule has 0 saturated carbocycles. The van der Waals surface area contributed by atoms with E-state index in [9.17, 15) is 4.79 Å². The minimum Gasteiger partial charge on any atom is -0.391 e. The van der Waals surface area contributed by atoms with E-state index in [4.69, 9.17) is 9.15 Å². The molecule has 1 aliphatic rings. The molecule has 6 nitrogen and oxygen atoms in total. The van der Waals surface area contributed by atoms with E-state index in [0.29, 0.717) is 19.1 Å². The Balaban J connectivity index is 0.000000845. The minimum absolute atomic E-state index is 0. The third-order valence-electron chi connectivity index (χ3n) is 1.67. The van der Waals surface area contributed by atoms with Crippen LogP contribution < -0.4 is 11.1 Å². The second kappa shape index (κ2) is 4.40. The number of nitrogens with zero attached hydrogens (tertiary/aromatic N) is 1. The molecule has 7 heteroatoms. The number of ether oxygens (including phenoxy) is 1. The molecule has 74 valence electrons. The summed E-state index contributed by atoms with van der Waals surface area (Å²) in [6.45, 7) is 1.93. The maximum absolute atomic E-state index is 10.6. The van der Waals surface area contributed by atoms with Gasteiger partial charge in [0.05, 0.1) is 13.2 Å². The standard InChI is InChI=1S/C6H9N3O3.ClH/c10-6-9-8-5(12-6)4-3-11-2-1-7-4;/h4,7H,1-3H2,(H,9,10);1H/t4-;/m0./s1. The molecule has 1 atom stereocenters. The maximum atomic E-state index is 10.6. The fourth-order valence-electron chi connectivity index (χ4n) is 1.11. The fourth-order valence-corrected chi connectivity index (χ4v) is 1.11. The molecule has 0 aliphatic carbocycles. The van der Waals surface area contributed by atoms with Crippen molar-refractivity contribution < 1.29 is 9.15 Å². The van der Waals surface area contributed by atoms with Gasteiger partial charge < -0.3 is 14.5 Å². The van der Waals surface area contributed by atoms with Crippen molar-refractivity contribution in [2.75, 3.05) is 19.8 Å². The molecule has 0 bridgehead atoms. The number of morpholine rings is 1. The van der Waals surface area contributed by atoms with Crippen molar-refractivity contribution in [2.24, 2.45) is 0 Å². The molecule has 0 spiro atoms. The highest BCUT2D eigenvalue weighted by Gasteiger charge is 2.19. The lowest BCUT2D eigenvalue weighted by molar-refractivity contribution is 0.0677. The predicted molar refractivity (Wildman–Crippen MR) is 45.9 cm³/mol. The molecule has 13 heavy (non-hydrogen) atoms. The quantitative estimate of drug-likeness (QED) is 0.646. The highest BCUT2D eigenvalue weighted by molar-refractivity contribution is 5.85. The van der Waals surface area contributed by atoms with Gasteiger partial charge in [0.1, 0.15) is 6.04 Å². The summed E-state index contributed by atoms with van der Waals surface area (Å²) in [7, 11) is 0. The van der Waals surface area contributed by atoms with Crippen LogP contribution in [0.2, 0.25) is 0 Å². The second-order valence-corrected chi connectivity index (χ2v) is 2.53. The summed E-state index contributed by atoms with van der Waals surface area (Å²) in [6, 6.07) is -0.0994. The van der Waals surface area contributed by atoms with Crippen LogP contribution in [0.5, 0.6) is 0 Å². The Morgan fingerprint density at radius 2 is 2.38 bits per heavy atom. The van der Waals surface area contributed by atoms with Crippen molar-refractivity contribution in [2.45, 2.75) is 6.04 Å². The molecule has 0 amide bonds. The second-order valence-electron chi connectivity index (χ2n) is 2.53. The Bertz CT molecular complexity index is 304. The van der Waals surface area contributed by atoms with Crippen molar-refractivity contribution in [3.8, 4) is 0 Å². The van der Waals surface area contributed by atoms with Crippen molar-refractivity contribution in [3.63, 3.8) is 0 Å². The molecular formula is C6H10ClN3O3. The van der Waals surface area contributed by atoms with Crippen LogP contribution in [-0.2, 0) is 4.74 Å². The first kappa shape index (κ1) is 10.2. The van der Waals surface area contributed by atoms with Crippen molar-refractivity contribution in [3.05, 3.63) is 16.4 Å². The van der Waals surface area contributed by atoms with Gasteiger partial charge in [0.15, 0.2) is 0 Å². The van der Waals surface area contributed by atoms with Gasteiger partial charge in [0.25, 0.3) is 0 Å². The Labute approximate surface area is 80.1 Å². The summed E-state index contributed by atoms with van der Waals surface area (Å²) in [5.74, 6) is -0.169. The molecule has 1 fully saturated rings. The van der Waals surface area contributed by atoms with Crippen molar-refractivity contribution >= 4 is 12.4 Å². The van der Waals surface area contributed by atoms with Gasteiger partial charge in [0, 0.05) is 6.54 Å². The van der Waals surface area contributed by atoms with Crippen LogP contribution in [-0.4, -0.2) is 30.0 Å². The number of nitrogens with one attached hydrogen (secondary N) is 2. The first-order valence-corrected chi connectivity index (χ1v) is 3.73. The average Bonchev–Trinajstić information content (AvgIpc) is 2.54. The zero-order valence-corrected chi connectivity index (χ0v) is 7.60. The van der Waals surface area contributed by atoms with Gasteiger partial charge in [-0.15, -0.1) is 17.5 Å². The topological polar surface area (TPSA) is 80.2 Å². The monoisotopic (exact) mass is 207 g/mol. The van der Waals surface area contributed by atoms with Crippen LogP contribution in [0.15, 0.2) is 9.21 Å². The molecule has 2 heterocycles. The van der Waals surface area contributed by atoms with Gasteiger partial charge in [0.2, 0.25) is 5.89 Å². The Hall–Kier alpha value is -0.850. The largest absolute Gasteiger partial charge is 0.434 e. The van der Waals surface area contributed by atoms with E-state index >= 15 is 0 Å². The smallest absolute Gasteiger partial charge is 0.391 e. The molecular weight excluding hydrogens is 198 g/mol. The molecule has 0 radical (unpaired) electrons. The zero-order valence-electron chi connectivity index (χ0n) is 6.78. The lowest BCUT2D eigenvalue weighted by Gasteiger charge is -2.20. The summed E-state index contributed by atoms with van der Waals surface area (Å²) in [5, 5.41) is 9.00. The molecule has 1 saturated heterocycles. The Morgan fingerprint density at radius 1 is 1.54 bits per heavy atom. The summed E-state index contributed by atoms with van der Waals surface area (Å²) < 4.78 is 9.93. The number of hydrogen-bond donors (Lipinski definition) is 2. The number of aromatic amines is 1. The number of hydrogen-bond acceptors (Lipinski definition) is 5. The van der Waals surface area contributed by atoms with Gasteiger partial charge in [-0.1, -0.05) is 0 Å². The van der Waals surface area contributed by atoms with E-state index in [1.165, 1.54) is 0 Å². The Kier molecular flexibility index (Phi) is 3.47. The number of H-pyrrole nitrogens is 1. The van der Waals surface area contributed by atoms with Crippen LogP contribution in [0, 0.1) is 0 Å². The van der Waals surface area contributed by atoms with E-state index in [-0.39, 0.29) is 18.4 Å².